The fraction of sp³-hybridized carbons (Fsp3) is 0.462. The van der Waals surface area contributed by atoms with E-state index in [9.17, 15) is 0 Å². The van der Waals surface area contributed by atoms with Crippen molar-refractivity contribution in [2.75, 3.05) is 0 Å². The van der Waals surface area contributed by atoms with Crippen LogP contribution in [0.25, 0.3) is 11.5 Å². The van der Waals surface area contributed by atoms with Gasteiger partial charge in [0.25, 0.3) is 0 Å². The van der Waals surface area contributed by atoms with E-state index in [1.165, 1.54) is 6.20 Å². The molecule has 2 atom stereocenters. The minimum atomic E-state index is -0.274. The molecular formula is C13H14Cl2N4O. The standard InChI is InChI=1S/C13H14Cl2N4O/c1-13(4-2-3-9(13)16)12-18-11(19-20-12)10-8(15)5-7(14)6-17-10/h5-6,9H,2-4,16H2,1H3. The molecule has 2 aromatic rings. The summed E-state index contributed by atoms with van der Waals surface area (Å²) in [4.78, 5) is 8.58. The Morgan fingerprint density at radius 3 is 2.90 bits per heavy atom. The van der Waals surface area contributed by atoms with Gasteiger partial charge in [0.2, 0.25) is 11.7 Å². The molecule has 2 heterocycles. The van der Waals surface area contributed by atoms with Crippen LogP contribution in [0.4, 0.5) is 0 Å². The van der Waals surface area contributed by atoms with E-state index in [4.69, 9.17) is 33.5 Å². The van der Waals surface area contributed by atoms with Gasteiger partial charge in [0.1, 0.15) is 5.69 Å². The van der Waals surface area contributed by atoms with Crippen LogP contribution in [0, 0.1) is 0 Å². The fourth-order valence-electron chi connectivity index (χ4n) is 2.59. The Balaban J connectivity index is 1.98. The minimum Gasteiger partial charge on any atom is -0.338 e. The van der Waals surface area contributed by atoms with Crippen molar-refractivity contribution in [3.63, 3.8) is 0 Å². The quantitative estimate of drug-likeness (QED) is 0.921. The summed E-state index contributed by atoms with van der Waals surface area (Å²) in [5.74, 6) is 0.910. The van der Waals surface area contributed by atoms with Gasteiger partial charge in [0.05, 0.1) is 15.5 Å². The molecule has 0 radical (unpaired) electrons. The average molecular weight is 313 g/mol. The molecule has 0 aromatic carbocycles. The number of nitrogens with two attached hydrogens (primary N) is 1. The zero-order valence-electron chi connectivity index (χ0n) is 10.9. The third-order valence-corrected chi connectivity index (χ3v) is 4.46. The van der Waals surface area contributed by atoms with Gasteiger partial charge >= 0.3 is 0 Å². The lowest BCUT2D eigenvalue weighted by atomic mass is 9.85. The molecule has 0 bridgehead atoms. The molecule has 7 heteroatoms. The predicted molar refractivity (Wildman–Crippen MR) is 76.7 cm³/mol. The third kappa shape index (κ3) is 2.20. The zero-order chi connectivity index (χ0) is 14.3. The molecule has 1 fully saturated rings. The molecule has 3 rings (SSSR count). The number of nitrogens with zero attached hydrogens (tertiary/aromatic N) is 3. The smallest absolute Gasteiger partial charge is 0.234 e. The van der Waals surface area contributed by atoms with E-state index in [0.717, 1.165) is 19.3 Å². The first-order valence-electron chi connectivity index (χ1n) is 6.42. The lowest BCUT2D eigenvalue weighted by molar-refractivity contribution is 0.278. The monoisotopic (exact) mass is 312 g/mol. The summed E-state index contributed by atoms with van der Waals surface area (Å²) in [6.07, 6.45) is 4.48. The van der Waals surface area contributed by atoms with Gasteiger partial charge in [-0.05, 0) is 25.8 Å². The molecule has 0 aliphatic heterocycles. The molecule has 2 unspecified atom stereocenters. The highest BCUT2D eigenvalue weighted by Crippen LogP contribution is 2.39. The highest BCUT2D eigenvalue weighted by Gasteiger charge is 2.42. The lowest BCUT2D eigenvalue weighted by Crippen LogP contribution is -2.38. The van der Waals surface area contributed by atoms with Crippen molar-refractivity contribution in [3.8, 4) is 11.5 Å². The molecule has 20 heavy (non-hydrogen) atoms. The topological polar surface area (TPSA) is 77.8 Å². The number of pyridine rings is 1. The Morgan fingerprint density at radius 1 is 1.45 bits per heavy atom. The van der Waals surface area contributed by atoms with Crippen LogP contribution in [0.1, 0.15) is 32.1 Å². The zero-order valence-corrected chi connectivity index (χ0v) is 12.4. The summed E-state index contributed by atoms with van der Waals surface area (Å²) in [5.41, 5.74) is 6.34. The maximum absolute atomic E-state index is 6.16. The summed E-state index contributed by atoms with van der Waals surface area (Å²) < 4.78 is 5.39. The number of hydrogen-bond donors (Lipinski definition) is 1. The summed E-state index contributed by atoms with van der Waals surface area (Å²) in [6, 6.07) is 1.63. The lowest BCUT2D eigenvalue weighted by Gasteiger charge is -2.23. The first-order chi connectivity index (χ1) is 9.50. The van der Waals surface area contributed by atoms with Gasteiger partial charge in [-0.2, -0.15) is 4.98 Å². The Labute approximate surface area is 126 Å². The van der Waals surface area contributed by atoms with Crippen LogP contribution in [-0.2, 0) is 5.41 Å². The molecule has 0 amide bonds. The second-order valence-corrected chi connectivity index (χ2v) is 6.17. The highest BCUT2D eigenvalue weighted by molar-refractivity contribution is 6.35. The van der Waals surface area contributed by atoms with Gasteiger partial charge in [-0.25, -0.2) is 4.98 Å². The predicted octanol–water partition coefficient (Wildman–Crippen LogP) is 3.21. The van der Waals surface area contributed by atoms with Crippen molar-refractivity contribution in [3.05, 3.63) is 28.2 Å². The SMILES string of the molecule is CC1(c2nc(-c3ncc(Cl)cc3Cl)no2)CCCC1N. The maximum atomic E-state index is 6.16. The van der Waals surface area contributed by atoms with Crippen molar-refractivity contribution in [1.82, 2.24) is 15.1 Å². The van der Waals surface area contributed by atoms with E-state index in [0.29, 0.717) is 27.5 Å². The maximum Gasteiger partial charge on any atom is 0.234 e. The third-order valence-electron chi connectivity index (χ3n) is 3.96. The number of hydrogen-bond acceptors (Lipinski definition) is 5. The summed E-state index contributed by atoms with van der Waals surface area (Å²) in [5, 5.41) is 4.83. The van der Waals surface area contributed by atoms with Crippen LogP contribution < -0.4 is 5.73 Å². The van der Waals surface area contributed by atoms with Crippen molar-refractivity contribution < 1.29 is 4.52 Å². The van der Waals surface area contributed by atoms with Crippen molar-refractivity contribution >= 4 is 23.2 Å². The second kappa shape index (κ2) is 4.98. The van der Waals surface area contributed by atoms with E-state index in [-0.39, 0.29) is 11.5 Å². The number of aromatic nitrogens is 3. The van der Waals surface area contributed by atoms with E-state index < -0.39 is 0 Å². The first-order valence-corrected chi connectivity index (χ1v) is 7.17. The summed E-state index contributed by atoms with van der Waals surface area (Å²) in [6.45, 7) is 2.05. The van der Waals surface area contributed by atoms with Crippen molar-refractivity contribution in [2.45, 2.75) is 37.6 Å². The summed E-state index contributed by atoms with van der Waals surface area (Å²) >= 11 is 11.9. The Hall–Kier alpha value is -1.17. The van der Waals surface area contributed by atoms with Crippen LogP contribution in [0.5, 0.6) is 0 Å². The van der Waals surface area contributed by atoms with Crippen LogP contribution in [0.3, 0.4) is 0 Å². The largest absolute Gasteiger partial charge is 0.338 e. The summed E-state index contributed by atoms with van der Waals surface area (Å²) in [7, 11) is 0. The van der Waals surface area contributed by atoms with E-state index in [1.54, 1.807) is 6.07 Å². The van der Waals surface area contributed by atoms with E-state index in [1.807, 2.05) is 0 Å². The van der Waals surface area contributed by atoms with Crippen molar-refractivity contribution in [1.29, 1.82) is 0 Å². The highest BCUT2D eigenvalue weighted by atomic mass is 35.5. The number of rotatable bonds is 2. The number of halogens is 2. The Bertz CT molecular complexity index is 645. The van der Waals surface area contributed by atoms with Gasteiger partial charge in [-0.15, -0.1) is 0 Å². The van der Waals surface area contributed by atoms with Gasteiger partial charge < -0.3 is 10.3 Å². The molecule has 1 saturated carbocycles. The van der Waals surface area contributed by atoms with Gasteiger partial charge in [-0.3, -0.25) is 0 Å². The van der Waals surface area contributed by atoms with Gasteiger partial charge in [-0.1, -0.05) is 34.8 Å². The van der Waals surface area contributed by atoms with Crippen LogP contribution in [0.2, 0.25) is 10.0 Å². The fourth-order valence-corrected chi connectivity index (χ4v) is 3.05. The van der Waals surface area contributed by atoms with E-state index in [2.05, 4.69) is 22.0 Å². The molecule has 106 valence electrons. The first kappa shape index (κ1) is 13.8. The normalized spacial score (nSPS) is 26.1. The molecule has 0 spiro atoms. The molecule has 1 aliphatic rings. The molecule has 2 aromatic heterocycles. The van der Waals surface area contributed by atoms with Gasteiger partial charge in [0.15, 0.2) is 0 Å². The molecular weight excluding hydrogens is 299 g/mol. The molecule has 0 saturated heterocycles. The van der Waals surface area contributed by atoms with Crippen LogP contribution in [-0.4, -0.2) is 21.2 Å². The molecule has 1 aliphatic carbocycles. The Morgan fingerprint density at radius 2 is 2.25 bits per heavy atom. The Kier molecular flexibility index (Phi) is 3.44. The average Bonchev–Trinajstić information content (AvgIpc) is 2.99. The second-order valence-electron chi connectivity index (χ2n) is 5.32. The van der Waals surface area contributed by atoms with Crippen molar-refractivity contribution in [2.24, 2.45) is 5.73 Å². The molecule has 5 nitrogen and oxygen atoms in total. The van der Waals surface area contributed by atoms with Crippen LogP contribution in [0.15, 0.2) is 16.8 Å². The molecule has 2 N–H and O–H groups in total. The van der Waals surface area contributed by atoms with Gasteiger partial charge in [0, 0.05) is 12.2 Å². The minimum absolute atomic E-state index is 0.0319. The van der Waals surface area contributed by atoms with Crippen LogP contribution >= 0.6 is 23.2 Å². The van der Waals surface area contributed by atoms with E-state index >= 15 is 0 Å².